The highest BCUT2D eigenvalue weighted by Gasteiger charge is 2.20. The summed E-state index contributed by atoms with van der Waals surface area (Å²) < 4.78 is 1.60. The zero-order chi connectivity index (χ0) is 11.6. The lowest BCUT2D eigenvalue weighted by Gasteiger charge is -2.07. The molecule has 1 atom stereocenters. The van der Waals surface area contributed by atoms with Gasteiger partial charge in [0.05, 0.1) is 16.4 Å². The van der Waals surface area contributed by atoms with E-state index >= 15 is 0 Å². The van der Waals surface area contributed by atoms with Crippen LogP contribution in [-0.2, 0) is 17.8 Å². The van der Waals surface area contributed by atoms with Crippen molar-refractivity contribution in [2.24, 2.45) is 0 Å². The molecule has 84 valence electrons. The molecule has 1 unspecified atom stereocenters. The molecule has 0 radical (unpaired) electrons. The molecule has 5 nitrogen and oxygen atoms in total. The zero-order valence-electron chi connectivity index (χ0n) is 8.57. The highest BCUT2D eigenvalue weighted by Crippen LogP contribution is 2.21. The molecule has 0 aliphatic rings. The number of aryl methyl sites for hydroxylation is 2. The van der Waals surface area contributed by atoms with Gasteiger partial charge in [0.15, 0.2) is 6.10 Å². The Kier molecular flexibility index (Phi) is 3.71. The average molecular weight is 233 g/mol. The summed E-state index contributed by atoms with van der Waals surface area (Å²) in [5.74, 6) is -1.26. The lowest BCUT2D eigenvalue weighted by atomic mass is 10.2. The lowest BCUT2D eigenvalue weighted by molar-refractivity contribution is -0.146. The standard InChI is InChI=1S/C9H13ClN2O3/c1-3-12-6(4-7(13)9(14)15)8(10)5(2)11-12/h7,13H,3-4H2,1-2H3,(H,14,15). The molecule has 1 heterocycles. The van der Waals surface area contributed by atoms with E-state index in [4.69, 9.17) is 16.7 Å². The third-order valence-corrected chi connectivity index (χ3v) is 2.62. The number of carbonyl (C=O) groups is 1. The molecule has 1 aromatic rings. The summed E-state index contributed by atoms with van der Waals surface area (Å²) in [4.78, 5) is 10.5. The third-order valence-electron chi connectivity index (χ3n) is 2.12. The highest BCUT2D eigenvalue weighted by atomic mass is 35.5. The fourth-order valence-corrected chi connectivity index (χ4v) is 1.55. The summed E-state index contributed by atoms with van der Waals surface area (Å²) in [6.07, 6.45) is -1.47. The smallest absolute Gasteiger partial charge is 0.332 e. The fraction of sp³-hybridized carbons (Fsp3) is 0.556. The molecule has 0 saturated heterocycles. The first kappa shape index (κ1) is 12.0. The molecule has 0 bridgehead atoms. The van der Waals surface area contributed by atoms with Crippen molar-refractivity contribution in [1.82, 2.24) is 9.78 Å². The van der Waals surface area contributed by atoms with Crippen LogP contribution < -0.4 is 0 Å². The van der Waals surface area contributed by atoms with Crippen molar-refractivity contribution in [3.63, 3.8) is 0 Å². The SMILES string of the molecule is CCn1nc(C)c(Cl)c1CC(O)C(=O)O. The van der Waals surface area contributed by atoms with Crippen LogP contribution in [0.25, 0.3) is 0 Å². The van der Waals surface area contributed by atoms with Crippen molar-refractivity contribution in [2.75, 3.05) is 0 Å². The zero-order valence-corrected chi connectivity index (χ0v) is 9.32. The quantitative estimate of drug-likeness (QED) is 0.807. The maximum Gasteiger partial charge on any atom is 0.332 e. The van der Waals surface area contributed by atoms with E-state index in [2.05, 4.69) is 5.10 Å². The lowest BCUT2D eigenvalue weighted by Crippen LogP contribution is -2.23. The van der Waals surface area contributed by atoms with Crippen LogP contribution in [0.1, 0.15) is 18.3 Å². The Bertz CT molecular complexity index is 376. The van der Waals surface area contributed by atoms with Crippen molar-refractivity contribution in [3.05, 3.63) is 16.4 Å². The number of aliphatic hydroxyl groups is 1. The molecule has 0 aliphatic carbocycles. The van der Waals surface area contributed by atoms with Gasteiger partial charge < -0.3 is 10.2 Å². The second-order valence-electron chi connectivity index (χ2n) is 3.22. The van der Waals surface area contributed by atoms with E-state index in [0.29, 0.717) is 23.0 Å². The molecule has 0 fully saturated rings. The molecule has 15 heavy (non-hydrogen) atoms. The summed E-state index contributed by atoms with van der Waals surface area (Å²) in [5, 5.41) is 22.4. The van der Waals surface area contributed by atoms with E-state index in [1.165, 1.54) is 0 Å². The van der Waals surface area contributed by atoms with Crippen LogP contribution in [0.3, 0.4) is 0 Å². The Labute approximate surface area is 92.3 Å². The Morgan fingerprint density at radius 1 is 1.67 bits per heavy atom. The van der Waals surface area contributed by atoms with Gasteiger partial charge in [-0.15, -0.1) is 0 Å². The number of halogens is 1. The van der Waals surface area contributed by atoms with Crippen LogP contribution in [0.2, 0.25) is 5.02 Å². The number of aliphatic hydroxyl groups excluding tert-OH is 1. The molecule has 0 aliphatic heterocycles. The Balaban J connectivity index is 2.97. The van der Waals surface area contributed by atoms with Crippen LogP contribution in [0.5, 0.6) is 0 Å². The number of carboxylic acid groups (broad SMARTS) is 1. The molecule has 0 aromatic carbocycles. The molecule has 1 aromatic heterocycles. The normalized spacial score (nSPS) is 12.8. The number of aromatic nitrogens is 2. The van der Waals surface area contributed by atoms with Gasteiger partial charge in [0.1, 0.15) is 0 Å². The van der Waals surface area contributed by atoms with Crippen LogP contribution in [0, 0.1) is 6.92 Å². The molecule has 2 N–H and O–H groups in total. The first-order valence-electron chi connectivity index (χ1n) is 4.60. The van der Waals surface area contributed by atoms with Crippen molar-refractivity contribution < 1.29 is 15.0 Å². The summed E-state index contributed by atoms with van der Waals surface area (Å²) >= 11 is 5.95. The van der Waals surface area contributed by atoms with Crippen molar-refractivity contribution in [3.8, 4) is 0 Å². The van der Waals surface area contributed by atoms with Crippen LogP contribution in [0.15, 0.2) is 0 Å². The maximum absolute atomic E-state index is 10.5. The van der Waals surface area contributed by atoms with Gasteiger partial charge >= 0.3 is 5.97 Å². The Hall–Kier alpha value is -1.07. The number of hydrogen-bond donors (Lipinski definition) is 2. The number of hydrogen-bond acceptors (Lipinski definition) is 3. The van der Waals surface area contributed by atoms with E-state index in [1.807, 2.05) is 6.92 Å². The number of nitrogens with zero attached hydrogens (tertiary/aromatic N) is 2. The van der Waals surface area contributed by atoms with Crippen LogP contribution in [-0.4, -0.2) is 32.1 Å². The minimum absolute atomic E-state index is 0.0250. The molecule has 0 spiro atoms. The van der Waals surface area contributed by atoms with E-state index in [-0.39, 0.29) is 6.42 Å². The molecule has 1 rings (SSSR count). The summed E-state index contributed by atoms with van der Waals surface area (Å²) in [6, 6.07) is 0. The minimum atomic E-state index is -1.44. The first-order chi connectivity index (χ1) is 6.97. The molecular formula is C9H13ClN2O3. The van der Waals surface area contributed by atoms with Crippen molar-refractivity contribution in [1.29, 1.82) is 0 Å². The predicted molar refractivity (Wildman–Crippen MR) is 55.0 cm³/mol. The Morgan fingerprint density at radius 3 is 2.73 bits per heavy atom. The van der Waals surface area contributed by atoms with E-state index < -0.39 is 12.1 Å². The maximum atomic E-state index is 10.5. The van der Waals surface area contributed by atoms with E-state index in [9.17, 15) is 9.90 Å². The second-order valence-corrected chi connectivity index (χ2v) is 3.60. The van der Waals surface area contributed by atoms with Crippen LogP contribution in [0.4, 0.5) is 0 Å². The van der Waals surface area contributed by atoms with E-state index in [1.54, 1.807) is 11.6 Å². The number of rotatable bonds is 4. The Morgan fingerprint density at radius 2 is 2.27 bits per heavy atom. The van der Waals surface area contributed by atoms with Crippen LogP contribution >= 0.6 is 11.6 Å². The second kappa shape index (κ2) is 4.63. The van der Waals surface area contributed by atoms with Gasteiger partial charge in [-0.1, -0.05) is 11.6 Å². The molecule has 0 saturated carbocycles. The molecule has 6 heteroatoms. The highest BCUT2D eigenvalue weighted by molar-refractivity contribution is 6.31. The van der Waals surface area contributed by atoms with E-state index in [0.717, 1.165) is 0 Å². The summed E-state index contributed by atoms with van der Waals surface area (Å²) in [5.41, 5.74) is 1.21. The summed E-state index contributed by atoms with van der Waals surface area (Å²) in [7, 11) is 0. The van der Waals surface area contributed by atoms with Gasteiger partial charge in [-0.2, -0.15) is 5.10 Å². The number of carboxylic acids is 1. The number of aliphatic carboxylic acids is 1. The fourth-order valence-electron chi connectivity index (χ4n) is 1.33. The predicted octanol–water partition coefficient (Wildman–Crippen LogP) is 0.853. The topological polar surface area (TPSA) is 75.3 Å². The first-order valence-corrected chi connectivity index (χ1v) is 4.97. The van der Waals surface area contributed by atoms with Gasteiger partial charge in [-0.05, 0) is 13.8 Å². The van der Waals surface area contributed by atoms with Gasteiger partial charge in [-0.3, -0.25) is 4.68 Å². The third kappa shape index (κ3) is 2.49. The van der Waals surface area contributed by atoms with Gasteiger partial charge in [-0.25, -0.2) is 4.79 Å². The van der Waals surface area contributed by atoms with Gasteiger partial charge in [0.2, 0.25) is 0 Å². The molecule has 0 amide bonds. The monoisotopic (exact) mass is 232 g/mol. The average Bonchev–Trinajstić information content (AvgIpc) is 2.45. The van der Waals surface area contributed by atoms with Gasteiger partial charge in [0, 0.05) is 13.0 Å². The summed E-state index contributed by atoms with van der Waals surface area (Å²) in [6.45, 7) is 4.21. The van der Waals surface area contributed by atoms with Crippen molar-refractivity contribution in [2.45, 2.75) is 32.9 Å². The van der Waals surface area contributed by atoms with Gasteiger partial charge in [0.25, 0.3) is 0 Å². The minimum Gasteiger partial charge on any atom is -0.479 e. The van der Waals surface area contributed by atoms with Crippen molar-refractivity contribution >= 4 is 17.6 Å². The largest absolute Gasteiger partial charge is 0.479 e. The molecular weight excluding hydrogens is 220 g/mol.